The number of nitrogens with two attached hydrogens (primary N) is 1. The molecule has 9 heteroatoms. The normalized spacial score (nSPS) is 12.2. The molecule has 7 nitrogen and oxygen atoms in total. The standard InChI is InChI=1S/C24H23ClFN5O2/c1-13-3-8-18(17-10-12-31-22(14(17)2)29-24(27)30-31)21(26)20(13)23(33)28-11-9-19(32)15-4-6-16(25)7-5-15/h3-8,10,12,19,32H,9,11H2,1-2H3,(H2,27,30)(H,28,33)/t19-/m0/s1. The largest absolute Gasteiger partial charge is 0.388 e. The number of carbonyl (C=O) groups is 1. The van der Waals surface area contributed by atoms with E-state index < -0.39 is 17.8 Å². The number of nitrogens with zero attached hydrogens (tertiary/aromatic N) is 3. The third-order valence-electron chi connectivity index (χ3n) is 5.60. The molecule has 33 heavy (non-hydrogen) atoms. The van der Waals surface area contributed by atoms with E-state index in [-0.39, 0.29) is 30.0 Å². The number of hydrogen-bond donors (Lipinski definition) is 3. The van der Waals surface area contributed by atoms with Gasteiger partial charge in [-0.2, -0.15) is 4.98 Å². The number of carbonyl (C=O) groups excluding carboxylic acids is 1. The van der Waals surface area contributed by atoms with Gasteiger partial charge in [-0.15, -0.1) is 5.10 Å². The number of benzene rings is 2. The Bertz CT molecular complexity index is 1340. The van der Waals surface area contributed by atoms with Crippen LogP contribution in [0.4, 0.5) is 10.3 Å². The lowest BCUT2D eigenvalue weighted by molar-refractivity contribution is 0.0938. The van der Waals surface area contributed by atoms with E-state index in [4.69, 9.17) is 17.3 Å². The van der Waals surface area contributed by atoms with Crippen molar-refractivity contribution in [3.63, 3.8) is 0 Å². The number of fused-ring (bicyclic) bond motifs is 1. The lowest BCUT2D eigenvalue weighted by Gasteiger charge is -2.15. The number of amides is 1. The first-order chi connectivity index (χ1) is 15.8. The van der Waals surface area contributed by atoms with Gasteiger partial charge in [0, 0.05) is 28.9 Å². The van der Waals surface area contributed by atoms with Gasteiger partial charge in [0.1, 0.15) is 5.82 Å². The van der Waals surface area contributed by atoms with Crippen molar-refractivity contribution in [2.24, 2.45) is 0 Å². The summed E-state index contributed by atoms with van der Waals surface area (Å²) in [6, 6.07) is 11.9. The first-order valence-corrected chi connectivity index (χ1v) is 10.8. The van der Waals surface area contributed by atoms with Crippen molar-refractivity contribution in [3.8, 4) is 11.1 Å². The van der Waals surface area contributed by atoms with Crippen LogP contribution >= 0.6 is 11.6 Å². The second-order valence-corrected chi connectivity index (χ2v) is 8.26. The summed E-state index contributed by atoms with van der Waals surface area (Å²) in [5.74, 6) is -1.04. The topological polar surface area (TPSA) is 106 Å². The van der Waals surface area contributed by atoms with E-state index in [0.717, 1.165) is 0 Å². The van der Waals surface area contributed by atoms with Crippen LogP contribution in [-0.4, -0.2) is 32.2 Å². The summed E-state index contributed by atoms with van der Waals surface area (Å²) in [5.41, 5.74) is 8.95. The third kappa shape index (κ3) is 4.53. The van der Waals surface area contributed by atoms with Crippen molar-refractivity contribution in [3.05, 3.63) is 81.8 Å². The average Bonchev–Trinajstić information content (AvgIpc) is 3.16. The summed E-state index contributed by atoms with van der Waals surface area (Å²) < 4.78 is 17.1. The van der Waals surface area contributed by atoms with Gasteiger partial charge in [0.05, 0.1) is 11.7 Å². The average molecular weight is 468 g/mol. The Hall–Kier alpha value is -3.49. The highest BCUT2D eigenvalue weighted by molar-refractivity contribution is 6.30. The molecule has 0 aliphatic carbocycles. The fraction of sp³-hybridized carbons (Fsp3) is 0.208. The van der Waals surface area contributed by atoms with Crippen LogP contribution in [0.15, 0.2) is 48.7 Å². The van der Waals surface area contributed by atoms with Gasteiger partial charge in [-0.3, -0.25) is 4.79 Å². The number of anilines is 1. The van der Waals surface area contributed by atoms with Crippen molar-refractivity contribution >= 4 is 29.1 Å². The zero-order valence-corrected chi connectivity index (χ0v) is 18.9. The maximum Gasteiger partial charge on any atom is 0.254 e. The highest BCUT2D eigenvalue weighted by Crippen LogP contribution is 2.31. The monoisotopic (exact) mass is 467 g/mol. The second kappa shape index (κ2) is 9.17. The summed E-state index contributed by atoms with van der Waals surface area (Å²) >= 11 is 5.87. The molecule has 0 unspecified atom stereocenters. The molecule has 0 aliphatic heterocycles. The van der Waals surface area contributed by atoms with E-state index in [9.17, 15) is 9.90 Å². The SMILES string of the molecule is Cc1ccc(-c2ccn3nc(N)nc3c2C)c(F)c1C(=O)NCC[C@H](O)c1ccc(Cl)cc1. The molecule has 0 spiro atoms. The lowest BCUT2D eigenvalue weighted by Crippen LogP contribution is -2.27. The Morgan fingerprint density at radius 2 is 1.91 bits per heavy atom. The van der Waals surface area contributed by atoms with E-state index in [0.29, 0.717) is 32.9 Å². The molecule has 1 amide bonds. The van der Waals surface area contributed by atoms with Gasteiger partial charge in [-0.1, -0.05) is 35.9 Å². The van der Waals surface area contributed by atoms with Crippen LogP contribution in [-0.2, 0) is 0 Å². The van der Waals surface area contributed by atoms with Gasteiger partial charge < -0.3 is 16.2 Å². The van der Waals surface area contributed by atoms with E-state index in [1.807, 2.05) is 0 Å². The Morgan fingerprint density at radius 1 is 1.18 bits per heavy atom. The zero-order chi connectivity index (χ0) is 23.7. The second-order valence-electron chi connectivity index (χ2n) is 7.82. The molecule has 4 N–H and O–H groups in total. The van der Waals surface area contributed by atoms with Gasteiger partial charge >= 0.3 is 0 Å². The molecular weight excluding hydrogens is 445 g/mol. The number of aromatic nitrogens is 3. The van der Waals surface area contributed by atoms with Crippen molar-refractivity contribution in [1.82, 2.24) is 19.9 Å². The molecule has 0 saturated heterocycles. The lowest BCUT2D eigenvalue weighted by atomic mass is 9.96. The quantitative estimate of drug-likeness (QED) is 0.393. The fourth-order valence-corrected chi connectivity index (χ4v) is 3.93. The number of aryl methyl sites for hydroxylation is 2. The van der Waals surface area contributed by atoms with Gasteiger partial charge in [0.15, 0.2) is 5.65 Å². The van der Waals surface area contributed by atoms with Crippen LogP contribution in [0.1, 0.15) is 39.6 Å². The van der Waals surface area contributed by atoms with Crippen molar-refractivity contribution in [2.75, 3.05) is 12.3 Å². The van der Waals surface area contributed by atoms with Crippen LogP contribution in [0.25, 0.3) is 16.8 Å². The van der Waals surface area contributed by atoms with E-state index >= 15 is 4.39 Å². The number of hydrogen-bond acceptors (Lipinski definition) is 5. The molecule has 0 aliphatic rings. The summed E-state index contributed by atoms with van der Waals surface area (Å²) in [5, 5.41) is 17.7. The molecule has 1 atom stereocenters. The van der Waals surface area contributed by atoms with Crippen LogP contribution in [0, 0.1) is 19.7 Å². The van der Waals surface area contributed by atoms with Gasteiger partial charge in [-0.25, -0.2) is 8.91 Å². The third-order valence-corrected chi connectivity index (χ3v) is 5.85. The minimum Gasteiger partial charge on any atom is -0.388 e. The highest BCUT2D eigenvalue weighted by atomic mass is 35.5. The smallest absolute Gasteiger partial charge is 0.254 e. The van der Waals surface area contributed by atoms with Crippen molar-refractivity contribution < 1.29 is 14.3 Å². The Morgan fingerprint density at radius 3 is 2.64 bits per heavy atom. The van der Waals surface area contributed by atoms with Gasteiger partial charge in [0.2, 0.25) is 5.95 Å². The van der Waals surface area contributed by atoms with E-state index in [1.165, 1.54) is 4.52 Å². The Balaban J connectivity index is 1.55. The fourth-order valence-electron chi connectivity index (χ4n) is 3.80. The van der Waals surface area contributed by atoms with E-state index in [2.05, 4.69) is 15.4 Å². The summed E-state index contributed by atoms with van der Waals surface area (Å²) in [4.78, 5) is 17.0. The zero-order valence-electron chi connectivity index (χ0n) is 18.1. The molecule has 4 aromatic rings. The number of pyridine rings is 1. The molecule has 0 bridgehead atoms. The minimum atomic E-state index is -0.773. The molecule has 2 aromatic heterocycles. The van der Waals surface area contributed by atoms with Gasteiger partial charge in [0.25, 0.3) is 5.91 Å². The molecule has 0 fully saturated rings. The van der Waals surface area contributed by atoms with E-state index in [1.54, 1.807) is 62.5 Å². The first kappa shape index (κ1) is 22.7. The predicted molar refractivity (Wildman–Crippen MR) is 126 cm³/mol. The highest BCUT2D eigenvalue weighted by Gasteiger charge is 2.21. The van der Waals surface area contributed by atoms with Gasteiger partial charge in [-0.05, 0) is 55.2 Å². The number of nitrogens with one attached hydrogen (secondary N) is 1. The number of aliphatic hydroxyl groups excluding tert-OH is 1. The van der Waals surface area contributed by atoms with Crippen molar-refractivity contribution in [1.29, 1.82) is 0 Å². The summed E-state index contributed by atoms with van der Waals surface area (Å²) in [7, 11) is 0. The first-order valence-electron chi connectivity index (χ1n) is 10.4. The molecule has 2 aromatic carbocycles. The summed E-state index contributed by atoms with van der Waals surface area (Å²) in [6.45, 7) is 3.66. The van der Waals surface area contributed by atoms with Crippen molar-refractivity contribution in [2.45, 2.75) is 26.4 Å². The van der Waals surface area contributed by atoms with Crippen LogP contribution in [0.5, 0.6) is 0 Å². The molecule has 2 heterocycles. The number of halogens is 2. The molecule has 4 rings (SSSR count). The summed E-state index contributed by atoms with van der Waals surface area (Å²) in [6.07, 6.45) is 1.15. The van der Waals surface area contributed by atoms with Crippen LogP contribution in [0.2, 0.25) is 5.02 Å². The number of nitrogen functional groups attached to an aromatic ring is 1. The minimum absolute atomic E-state index is 0.0336. The number of aliphatic hydroxyl groups is 1. The molecular formula is C24H23ClFN5O2. The Kier molecular flexibility index (Phi) is 6.31. The number of rotatable bonds is 6. The maximum absolute atomic E-state index is 15.6. The van der Waals surface area contributed by atoms with Crippen LogP contribution < -0.4 is 11.1 Å². The maximum atomic E-state index is 15.6. The molecule has 170 valence electrons. The molecule has 0 radical (unpaired) electrons. The predicted octanol–water partition coefficient (Wildman–Crippen LogP) is 4.24. The molecule has 0 saturated carbocycles. The Labute approximate surface area is 195 Å². The van der Waals surface area contributed by atoms with Crippen LogP contribution in [0.3, 0.4) is 0 Å².